The second-order valence-electron chi connectivity index (χ2n) is 20.8. The number of hydrogen-bond acceptors (Lipinski definition) is 2. The number of aryl methyl sites for hydroxylation is 1. The molecule has 0 saturated heterocycles. The molecule has 1 aliphatic rings. The Balaban J connectivity index is 1.05. The average Bonchev–Trinajstić information content (AvgIpc) is 3.49. The highest BCUT2D eigenvalue weighted by Crippen LogP contribution is 2.49. The van der Waals surface area contributed by atoms with Crippen molar-refractivity contribution in [2.75, 3.05) is 7.05 Å². The van der Waals surface area contributed by atoms with Gasteiger partial charge in [0.2, 0.25) is 0 Å². The second kappa shape index (κ2) is 17.2. The highest BCUT2D eigenvalue weighted by molar-refractivity contribution is 6.30. The summed E-state index contributed by atoms with van der Waals surface area (Å²) < 4.78 is 9.97. The van der Waals surface area contributed by atoms with Gasteiger partial charge in [0.05, 0.1) is 55.9 Å². The van der Waals surface area contributed by atoms with E-state index in [-0.39, 0.29) is 6.04 Å². The maximum atomic E-state index is 5.75. The first-order valence-electron chi connectivity index (χ1n) is 26.9. The minimum Gasteiger partial charge on any atom is -0.349 e. The molecule has 4 aromatic heterocycles. The zero-order valence-corrected chi connectivity index (χ0v) is 43.1. The van der Waals surface area contributed by atoms with Crippen LogP contribution in [0.3, 0.4) is 0 Å². The molecule has 0 bridgehead atoms. The molecule has 368 valence electrons. The van der Waals surface area contributed by atoms with Crippen molar-refractivity contribution < 1.29 is 0 Å². The van der Waals surface area contributed by atoms with Gasteiger partial charge in [-0.25, -0.2) is 4.99 Å². The molecule has 6 nitrogen and oxygen atoms in total. The molecule has 0 spiro atoms. The summed E-state index contributed by atoms with van der Waals surface area (Å²) >= 11 is 0. The van der Waals surface area contributed by atoms with Gasteiger partial charge in [-0.15, -0.1) is 0 Å². The average molecular weight is 999 g/mol. The van der Waals surface area contributed by atoms with Crippen molar-refractivity contribution in [2.45, 2.75) is 13.0 Å². The molecule has 1 atom stereocenters. The van der Waals surface area contributed by atoms with Crippen molar-refractivity contribution in [2.24, 2.45) is 4.99 Å². The van der Waals surface area contributed by atoms with E-state index in [1.165, 1.54) is 70.8 Å². The molecule has 78 heavy (non-hydrogen) atoms. The number of nitrogens with zero attached hydrogens (tertiary/aromatic N) is 6. The lowest BCUT2D eigenvalue weighted by atomic mass is 9.95. The highest BCUT2D eigenvalue weighted by Gasteiger charge is 2.30. The predicted octanol–water partition coefficient (Wildman–Crippen LogP) is 17.9. The van der Waals surface area contributed by atoms with Crippen molar-refractivity contribution in [3.05, 3.63) is 283 Å². The van der Waals surface area contributed by atoms with Crippen LogP contribution in [0, 0.1) is 6.92 Å². The molecule has 0 amide bonds. The lowest BCUT2D eigenvalue weighted by molar-refractivity contribution is 0.435. The number of para-hydroxylation sites is 6. The number of aliphatic imine (C=N–C) groups is 1. The normalized spacial score (nSPS) is 14.0. The van der Waals surface area contributed by atoms with Crippen molar-refractivity contribution in [1.82, 2.24) is 23.2 Å². The molecule has 0 N–H and O–H groups in total. The lowest BCUT2D eigenvalue weighted by Gasteiger charge is -2.33. The predicted molar refractivity (Wildman–Crippen MR) is 326 cm³/mol. The van der Waals surface area contributed by atoms with Gasteiger partial charge in [-0.3, -0.25) is 0 Å². The monoisotopic (exact) mass is 998 g/mol. The van der Waals surface area contributed by atoms with E-state index in [1.54, 1.807) is 0 Å². The fraction of sp³-hybridized carbons (Fsp3) is 0.0417. The summed E-state index contributed by atoms with van der Waals surface area (Å²) in [7, 11) is 2.17. The first-order valence-corrected chi connectivity index (χ1v) is 26.9. The molecular weight excluding hydrogens is 949 g/mol. The van der Waals surface area contributed by atoms with Crippen LogP contribution < -0.4 is 0 Å². The number of aromatic nitrogens is 4. The van der Waals surface area contributed by atoms with Gasteiger partial charge in [0.15, 0.2) is 0 Å². The Kier molecular flexibility index (Phi) is 9.73. The van der Waals surface area contributed by atoms with Crippen LogP contribution in [0.2, 0.25) is 0 Å². The summed E-state index contributed by atoms with van der Waals surface area (Å²) in [5.74, 6) is 0.930. The van der Waals surface area contributed by atoms with Gasteiger partial charge in [-0.2, -0.15) is 0 Å². The Hall–Kier alpha value is -10.2. The number of likely N-dealkylation sites (N-methyl/N-ethyl adjacent to an activating group) is 1. The van der Waals surface area contributed by atoms with Gasteiger partial charge in [0.25, 0.3) is 0 Å². The number of amidine groups is 1. The maximum Gasteiger partial charge on any atom is 0.137 e. The maximum absolute atomic E-state index is 5.75. The van der Waals surface area contributed by atoms with E-state index in [4.69, 9.17) is 4.99 Å². The third-order valence-electron chi connectivity index (χ3n) is 16.5. The van der Waals surface area contributed by atoms with E-state index in [2.05, 4.69) is 298 Å². The largest absolute Gasteiger partial charge is 0.349 e. The van der Waals surface area contributed by atoms with E-state index < -0.39 is 0 Å². The Labute approximate surface area is 450 Å². The van der Waals surface area contributed by atoms with E-state index in [9.17, 15) is 0 Å². The smallest absolute Gasteiger partial charge is 0.137 e. The Bertz CT molecular complexity index is 4960. The fourth-order valence-corrected chi connectivity index (χ4v) is 13.2. The van der Waals surface area contributed by atoms with Gasteiger partial charge in [0.1, 0.15) is 5.84 Å². The summed E-state index contributed by atoms with van der Waals surface area (Å²) in [5, 5.41) is 9.67. The summed E-state index contributed by atoms with van der Waals surface area (Å²) in [4.78, 5) is 8.07. The van der Waals surface area contributed by atoms with E-state index in [0.29, 0.717) is 0 Å². The van der Waals surface area contributed by atoms with Crippen molar-refractivity contribution in [3.8, 4) is 22.7 Å². The number of fused-ring (bicyclic) bond motifs is 14. The zero-order chi connectivity index (χ0) is 51.6. The van der Waals surface area contributed by atoms with Gasteiger partial charge >= 0.3 is 0 Å². The molecule has 1 unspecified atom stereocenters. The van der Waals surface area contributed by atoms with Crippen LogP contribution >= 0.6 is 0 Å². The third kappa shape index (κ3) is 6.41. The van der Waals surface area contributed by atoms with E-state index in [1.807, 2.05) is 0 Å². The number of hydrogen-bond donors (Lipinski definition) is 0. The first kappa shape index (κ1) is 44.2. The topological polar surface area (TPSA) is 35.3 Å². The van der Waals surface area contributed by atoms with Gasteiger partial charge in [-0.1, -0.05) is 170 Å². The molecule has 11 aromatic carbocycles. The molecule has 6 heteroatoms. The minimum atomic E-state index is -0.0752. The van der Waals surface area contributed by atoms with Crippen LogP contribution in [0.4, 0.5) is 0 Å². The zero-order valence-electron chi connectivity index (χ0n) is 43.1. The molecule has 5 heterocycles. The summed E-state index contributed by atoms with van der Waals surface area (Å²) in [5.41, 5.74) is 19.3. The Morgan fingerprint density at radius 1 is 0.346 bits per heavy atom. The van der Waals surface area contributed by atoms with Gasteiger partial charge < -0.3 is 23.2 Å². The number of rotatable bonds is 7. The first-order chi connectivity index (χ1) is 38.6. The highest BCUT2D eigenvalue weighted by atomic mass is 15.2. The lowest BCUT2D eigenvalue weighted by Crippen LogP contribution is -2.33. The Morgan fingerprint density at radius 2 is 0.782 bits per heavy atom. The van der Waals surface area contributed by atoms with Crippen molar-refractivity contribution in [3.63, 3.8) is 0 Å². The molecular formula is C72H50N6. The van der Waals surface area contributed by atoms with E-state index >= 15 is 0 Å². The summed E-state index contributed by atoms with van der Waals surface area (Å²) in [6, 6.07) is 92.9. The number of benzene rings is 11. The molecule has 0 fully saturated rings. The molecule has 16 rings (SSSR count). The van der Waals surface area contributed by atoms with Crippen LogP contribution in [0.5, 0.6) is 0 Å². The quantitative estimate of drug-likeness (QED) is 0.157. The van der Waals surface area contributed by atoms with Crippen molar-refractivity contribution >= 4 is 98.8 Å². The minimum absolute atomic E-state index is 0.0752. The van der Waals surface area contributed by atoms with Crippen LogP contribution in [-0.4, -0.2) is 36.1 Å². The third-order valence-corrected chi connectivity index (χ3v) is 16.5. The molecule has 1 aliphatic heterocycles. The van der Waals surface area contributed by atoms with Gasteiger partial charge in [-0.05, 0) is 109 Å². The van der Waals surface area contributed by atoms with E-state index in [0.717, 1.165) is 73.0 Å². The summed E-state index contributed by atoms with van der Waals surface area (Å²) in [6.07, 6.45) is 2.38. The van der Waals surface area contributed by atoms with Crippen LogP contribution in [0.15, 0.2) is 266 Å². The Morgan fingerprint density at radius 3 is 1.36 bits per heavy atom. The molecule has 0 saturated carbocycles. The second-order valence-corrected chi connectivity index (χ2v) is 20.8. The molecule has 0 aliphatic carbocycles. The van der Waals surface area contributed by atoms with Crippen LogP contribution in [0.25, 0.3) is 116 Å². The molecule has 0 radical (unpaired) electrons. The van der Waals surface area contributed by atoms with Crippen molar-refractivity contribution in [1.29, 1.82) is 0 Å². The SMILES string of the molecule is Cc1cc2c(c3ccccc3n2-c2ccccc2)c2c1c1cc(-n3c4ccccc4c4c3cc(C3=CC(c5ccccc5)N(C)C(c5ccccc5)=N3)c3c5ccccc5n(-c5ccccc5)c34)ccc1n2-c1ccccc1. The molecule has 15 aromatic rings. The van der Waals surface area contributed by atoms with Crippen LogP contribution in [-0.2, 0) is 0 Å². The summed E-state index contributed by atoms with van der Waals surface area (Å²) in [6.45, 7) is 2.30. The van der Waals surface area contributed by atoms with Crippen LogP contribution in [0.1, 0.15) is 28.3 Å². The standard InChI is InChI=1S/C72H50N6/c1-46-42-64-68(54-35-19-21-37-59(54)75(64)49-28-12-5-13-29-49)70-66(46)57-43-52(40-41-62(57)78(70)51-32-16-7-17-33-51)76-60-38-22-20-36-55(60)69-65(76)44-56(67-53-34-18-23-39-61(53)77(71(67)69)50-30-14-6-15-31-50)58-45-63(47-24-8-3-9-25-47)74(2)72(73-58)48-26-10-4-11-27-48/h3-45,63H,1-2H3. The fourth-order valence-electron chi connectivity index (χ4n) is 13.2. The van der Waals surface area contributed by atoms with Gasteiger partial charge in [0, 0.05) is 84.0 Å².